The van der Waals surface area contributed by atoms with E-state index in [1.165, 1.54) is 51.2 Å². The first-order chi connectivity index (χ1) is 20.0. The number of sulfonamides is 1. The molecule has 9 nitrogen and oxygen atoms in total. The van der Waals surface area contributed by atoms with Gasteiger partial charge in [0.05, 0.1) is 18.2 Å². The fourth-order valence-corrected chi connectivity index (χ4v) is 9.95. The summed E-state index contributed by atoms with van der Waals surface area (Å²) in [7, 11) is -3.21. The number of halogens is 1. The Kier molecular flexibility index (Phi) is 10.9. The third-order valence-corrected chi connectivity index (χ3v) is 12.8. The average Bonchev–Trinajstić information content (AvgIpc) is 3.50. The molecule has 0 bridgehead atoms. The van der Waals surface area contributed by atoms with Crippen molar-refractivity contribution in [1.82, 2.24) is 25.2 Å². The summed E-state index contributed by atoms with van der Waals surface area (Å²) in [5, 5.41) is 10.7. The lowest BCUT2D eigenvalue weighted by molar-refractivity contribution is -0.128. The van der Waals surface area contributed by atoms with Crippen LogP contribution in [0.2, 0.25) is 0 Å². The third-order valence-electron chi connectivity index (χ3n) is 11.5. The number of piperazine rings is 1. The molecular formula is C31H57FN6O3S. The van der Waals surface area contributed by atoms with Gasteiger partial charge < -0.3 is 21.7 Å². The number of piperidine rings is 1. The van der Waals surface area contributed by atoms with Gasteiger partial charge in [-0.25, -0.2) is 12.8 Å². The van der Waals surface area contributed by atoms with E-state index in [9.17, 15) is 17.6 Å². The Morgan fingerprint density at radius 3 is 2.31 bits per heavy atom. The Morgan fingerprint density at radius 2 is 1.67 bits per heavy atom. The van der Waals surface area contributed by atoms with Gasteiger partial charge in [0.1, 0.15) is 6.17 Å². The lowest BCUT2D eigenvalue weighted by Gasteiger charge is -2.48. The summed E-state index contributed by atoms with van der Waals surface area (Å²) in [4.78, 5) is 16.6. The molecule has 0 radical (unpaired) electrons. The molecule has 2 aliphatic carbocycles. The number of carbonyl (C=O) groups excluding carboxylic acids is 1. The number of nitrogens with two attached hydrogens (primary N) is 1. The highest BCUT2D eigenvalue weighted by atomic mass is 32.2. The van der Waals surface area contributed by atoms with Gasteiger partial charge >= 0.3 is 0 Å². The van der Waals surface area contributed by atoms with E-state index in [0.717, 1.165) is 32.1 Å². The van der Waals surface area contributed by atoms with Crippen molar-refractivity contribution in [3.8, 4) is 0 Å². The molecule has 1 spiro atoms. The van der Waals surface area contributed by atoms with Crippen LogP contribution in [0.5, 0.6) is 0 Å². The topological polar surface area (TPSA) is 120 Å². The molecule has 0 aromatic heterocycles. The Labute approximate surface area is 253 Å². The van der Waals surface area contributed by atoms with Gasteiger partial charge in [-0.3, -0.25) is 9.69 Å². The minimum atomic E-state index is -3.21. The molecule has 2 saturated carbocycles. The van der Waals surface area contributed by atoms with Crippen LogP contribution in [0.15, 0.2) is 0 Å². The highest BCUT2D eigenvalue weighted by molar-refractivity contribution is 7.88. The maximum Gasteiger partial charge on any atom is 0.226 e. The van der Waals surface area contributed by atoms with E-state index in [0.29, 0.717) is 51.1 Å². The molecule has 5 N–H and O–H groups in total. The van der Waals surface area contributed by atoms with Crippen molar-refractivity contribution in [2.75, 3.05) is 45.5 Å². The van der Waals surface area contributed by atoms with Gasteiger partial charge in [-0.05, 0) is 69.6 Å². The highest BCUT2D eigenvalue weighted by Crippen LogP contribution is 2.46. The van der Waals surface area contributed by atoms with Crippen LogP contribution in [-0.4, -0.2) is 105 Å². The van der Waals surface area contributed by atoms with E-state index in [2.05, 4.69) is 20.9 Å². The lowest BCUT2D eigenvalue weighted by Crippen LogP contribution is -2.67. The van der Waals surface area contributed by atoms with Crippen molar-refractivity contribution in [1.29, 1.82) is 0 Å². The summed E-state index contributed by atoms with van der Waals surface area (Å²) in [6.45, 7) is 5.20. The summed E-state index contributed by atoms with van der Waals surface area (Å²) in [6.07, 6.45) is 14.6. The number of amides is 1. The number of alkyl halides is 1. The van der Waals surface area contributed by atoms with Crippen LogP contribution in [0.3, 0.4) is 0 Å². The lowest BCUT2D eigenvalue weighted by atomic mass is 9.65. The standard InChI is InChI=1S/C31H57FN6O3S/c1-22(33)29(26-19-31(11-6-3-7-12-31)13-10-24(32)20-34-26)30(39)36-27-21-35-25(23-8-4-5-9-23)18-28(27)37-14-16-38(17-15-37)42(2,40)41/h22-29,34-35H,3-21,33H2,1-2H3,(H,36,39). The van der Waals surface area contributed by atoms with Gasteiger partial charge in [-0.2, -0.15) is 4.31 Å². The minimum absolute atomic E-state index is 0.0321. The van der Waals surface area contributed by atoms with Gasteiger partial charge in [0.25, 0.3) is 0 Å². The number of rotatable bonds is 7. The summed E-state index contributed by atoms with van der Waals surface area (Å²) in [5.74, 6) is 0.192. The largest absolute Gasteiger partial charge is 0.350 e. The first-order valence-corrected chi connectivity index (χ1v) is 18.8. The van der Waals surface area contributed by atoms with E-state index < -0.39 is 22.1 Å². The van der Waals surface area contributed by atoms with Crippen molar-refractivity contribution in [3.63, 3.8) is 0 Å². The Bertz CT molecular complexity index is 995. The molecule has 0 aromatic carbocycles. The number of nitrogens with one attached hydrogen (secondary N) is 3. The zero-order valence-corrected chi connectivity index (χ0v) is 26.9. The Balaban J connectivity index is 1.31. The van der Waals surface area contributed by atoms with E-state index in [1.807, 2.05) is 6.92 Å². The molecule has 11 heteroatoms. The Hall–Kier alpha value is -0.850. The fraction of sp³-hybridized carbons (Fsp3) is 0.968. The summed E-state index contributed by atoms with van der Waals surface area (Å²) in [6, 6.07) is -0.0437. The molecule has 7 atom stereocenters. The fourth-order valence-electron chi connectivity index (χ4n) is 9.12. The van der Waals surface area contributed by atoms with Crippen LogP contribution in [-0.2, 0) is 14.8 Å². The van der Waals surface area contributed by atoms with E-state index in [4.69, 9.17) is 5.73 Å². The number of carbonyl (C=O) groups is 1. The van der Waals surface area contributed by atoms with Gasteiger partial charge in [0.2, 0.25) is 15.9 Å². The number of nitrogens with zero attached hydrogens (tertiary/aromatic N) is 2. The predicted molar refractivity (Wildman–Crippen MR) is 165 cm³/mol. The molecule has 7 unspecified atom stereocenters. The molecule has 5 aliphatic rings. The van der Waals surface area contributed by atoms with Crippen LogP contribution >= 0.6 is 0 Å². The quantitative estimate of drug-likeness (QED) is 0.349. The second-order valence-electron chi connectivity index (χ2n) is 14.5. The molecule has 42 heavy (non-hydrogen) atoms. The molecule has 5 rings (SSSR count). The normalized spacial score (nSPS) is 35.8. The van der Waals surface area contributed by atoms with Gasteiger partial charge in [-0.1, -0.05) is 32.1 Å². The maximum atomic E-state index is 14.8. The number of hydrogen-bond donors (Lipinski definition) is 4. The van der Waals surface area contributed by atoms with Crippen LogP contribution in [0.25, 0.3) is 0 Å². The molecular weight excluding hydrogens is 555 g/mol. The molecule has 242 valence electrons. The number of hydrogen-bond acceptors (Lipinski definition) is 7. The van der Waals surface area contributed by atoms with E-state index >= 15 is 0 Å². The van der Waals surface area contributed by atoms with Crippen LogP contribution in [0, 0.1) is 17.3 Å². The minimum Gasteiger partial charge on any atom is -0.350 e. The van der Waals surface area contributed by atoms with Gasteiger partial charge in [0.15, 0.2) is 0 Å². The summed E-state index contributed by atoms with van der Waals surface area (Å²) < 4.78 is 40.8. The summed E-state index contributed by atoms with van der Waals surface area (Å²) >= 11 is 0. The average molecular weight is 613 g/mol. The zero-order valence-electron chi connectivity index (χ0n) is 26.0. The van der Waals surface area contributed by atoms with E-state index in [1.54, 1.807) is 4.31 Å². The van der Waals surface area contributed by atoms with E-state index in [-0.39, 0.29) is 42.0 Å². The predicted octanol–water partition coefficient (Wildman–Crippen LogP) is 2.36. The Morgan fingerprint density at radius 1 is 0.976 bits per heavy atom. The molecule has 3 heterocycles. The van der Waals surface area contributed by atoms with Gasteiger partial charge in [0, 0.05) is 63.4 Å². The highest BCUT2D eigenvalue weighted by Gasteiger charge is 2.44. The third kappa shape index (κ3) is 7.86. The second-order valence-corrected chi connectivity index (χ2v) is 16.5. The van der Waals surface area contributed by atoms with Gasteiger partial charge in [-0.15, -0.1) is 0 Å². The second kappa shape index (κ2) is 14.1. The maximum absolute atomic E-state index is 14.8. The molecule has 5 fully saturated rings. The molecule has 1 amide bonds. The molecule has 3 aliphatic heterocycles. The zero-order chi connectivity index (χ0) is 29.9. The van der Waals surface area contributed by atoms with Crippen molar-refractivity contribution in [3.05, 3.63) is 0 Å². The monoisotopic (exact) mass is 612 g/mol. The SMILES string of the molecule is CC(N)C(C(=O)NC1CNC(C2CCCC2)CC1N1CCN(S(C)(=O)=O)CC1)C1CC2(CCCCC2)CCC(F)CN1. The van der Waals surface area contributed by atoms with Crippen molar-refractivity contribution < 1.29 is 17.6 Å². The smallest absolute Gasteiger partial charge is 0.226 e. The van der Waals surface area contributed by atoms with Crippen molar-refractivity contribution in [2.24, 2.45) is 23.0 Å². The summed E-state index contributed by atoms with van der Waals surface area (Å²) in [5.41, 5.74) is 6.67. The van der Waals surface area contributed by atoms with Crippen molar-refractivity contribution in [2.45, 2.75) is 127 Å². The molecule has 3 saturated heterocycles. The first-order valence-electron chi connectivity index (χ1n) is 16.9. The molecule has 0 aromatic rings. The van der Waals surface area contributed by atoms with Crippen LogP contribution in [0.1, 0.15) is 90.4 Å². The van der Waals surface area contributed by atoms with Crippen LogP contribution < -0.4 is 21.7 Å². The van der Waals surface area contributed by atoms with Crippen LogP contribution in [0.4, 0.5) is 4.39 Å². The van der Waals surface area contributed by atoms with Crippen molar-refractivity contribution >= 4 is 15.9 Å². The first kappa shape index (κ1) is 32.5.